The van der Waals surface area contributed by atoms with Crippen LogP contribution >= 0.6 is 11.3 Å². The minimum absolute atomic E-state index is 0.808. The summed E-state index contributed by atoms with van der Waals surface area (Å²) in [6.07, 6.45) is 9.93. The van der Waals surface area contributed by atoms with Crippen molar-refractivity contribution in [3.63, 3.8) is 0 Å². The second kappa shape index (κ2) is 11.2. The molecule has 1 aromatic heterocycles. The summed E-state index contributed by atoms with van der Waals surface area (Å²) in [7, 11) is 0. The van der Waals surface area contributed by atoms with Gasteiger partial charge >= 0.3 is 0 Å². The Morgan fingerprint density at radius 1 is 0.842 bits per heavy atom. The predicted octanol–water partition coefficient (Wildman–Crippen LogP) is 5.67. The van der Waals surface area contributed by atoms with E-state index in [1.54, 1.807) is 11.3 Å². The number of unbranched alkanes of at least 4 members (excludes halogenated alkanes) is 6. The first-order chi connectivity index (χ1) is 9.38. The second-order valence-electron chi connectivity index (χ2n) is 4.89. The molecule has 19 heavy (non-hydrogen) atoms. The highest BCUT2D eigenvalue weighted by atomic mass is 32.1. The number of rotatable bonds is 12. The van der Waals surface area contributed by atoms with E-state index in [1.165, 1.54) is 38.5 Å². The number of hydrogen-bond donors (Lipinski definition) is 0. The molecule has 0 amide bonds. The quantitative estimate of drug-likeness (QED) is 0.461. The standard InChI is InChI=1S/C16H28O2S/c1-3-5-7-9-12-17-15-11-14-19-16(15)18-13-10-8-6-4-2/h11,14H,3-10,12-13H2,1-2H3. The Morgan fingerprint density at radius 3 is 2.11 bits per heavy atom. The van der Waals surface area contributed by atoms with Crippen LogP contribution in [-0.4, -0.2) is 13.2 Å². The monoisotopic (exact) mass is 284 g/mol. The zero-order valence-corrected chi connectivity index (χ0v) is 13.3. The molecule has 0 fully saturated rings. The van der Waals surface area contributed by atoms with Gasteiger partial charge in [0.05, 0.1) is 13.2 Å². The summed E-state index contributed by atoms with van der Waals surface area (Å²) in [5.41, 5.74) is 0. The van der Waals surface area contributed by atoms with E-state index in [-0.39, 0.29) is 0 Å². The molecular formula is C16H28O2S. The summed E-state index contributed by atoms with van der Waals surface area (Å²) in [5, 5.41) is 3.00. The number of ether oxygens (including phenoxy) is 2. The van der Waals surface area contributed by atoms with Gasteiger partial charge in [-0.15, -0.1) is 11.3 Å². The molecule has 0 aromatic carbocycles. The molecule has 0 unspecified atom stereocenters. The molecule has 1 rings (SSSR count). The van der Waals surface area contributed by atoms with E-state index in [9.17, 15) is 0 Å². The van der Waals surface area contributed by atoms with Gasteiger partial charge < -0.3 is 9.47 Å². The van der Waals surface area contributed by atoms with E-state index < -0.39 is 0 Å². The van der Waals surface area contributed by atoms with Gasteiger partial charge in [0.25, 0.3) is 0 Å². The Morgan fingerprint density at radius 2 is 1.47 bits per heavy atom. The summed E-state index contributed by atoms with van der Waals surface area (Å²) < 4.78 is 11.6. The summed E-state index contributed by atoms with van der Waals surface area (Å²) in [4.78, 5) is 0. The predicted molar refractivity (Wildman–Crippen MR) is 83.6 cm³/mol. The molecule has 2 nitrogen and oxygen atoms in total. The first-order valence-electron chi connectivity index (χ1n) is 7.71. The molecular weight excluding hydrogens is 256 g/mol. The van der Waals surface area contributed by atoms with Crippen LogP contribution in [-0.2, 0) is 0 Å². The van der Waals surface area contributed by atoms with Gasteiger partial charge in [-0.2, -0.15) is 0 Å². The van der Waals surface area contributed by atoms with E-state index in [0.29, 0.717) is 0 Å². The molecule has 0 radical (unpaired) electrons. The average molecular weight is 284 g/mol. The zero-order chi connectivity index (χ0) is 13.8. The largest absolute Gasteiger partial charge is 0.489 e. The van der Waals surface area contributed by atoms with Crippen molar-refractivity contribution < 1.29 is 9.47 Å². The van der Waals surface area contributed by atoms with Crippen LogP contribution in [0.3, 0.4) is 0 Å². The SMILES string of the molecule is CCCCCCOc1ccsc1OCCCCCC. The van der Waals surface area contributed by atoms with Gasteiger partial charge in [-0.25, -0.2) is 0 Å². The molecule has 0 aliphatic heterocycles. The van der Waals surface area contributed by atoms with Gasteiger partial charge in [0.1, 0.15) is 0 Å². The normalized spacial score (nSPS) is 10.6. The summed E-state index contributed by atoms with van der Waals surface area (Å²) in [6, 6.07) is 2.02. The summed E-state index contributed by atoms with van der Waals surface area (Å²) in [6.45, 7) is 6.07. The maximum atomic E-state index is 5.80. The zero-order valence-electron chi connectivity index (χ0n) is 12.5. The Bertz CT molecular complexity index is 281. The van der Waals surface area contributed by atoms with Crippen molar-refractivity contribution in [1.82, 2.24) is 0 Å². The van der Waals surface area contributed by atoms with Crippen molar-refractivity contribution in [3.05, 3.63) is 11.4 Å². The number of hydrogen-bond acceptors (Lipinski definition) is 3. The van der Waals surface area contributed by atoms with Crippen LogP contribution in [0.25, 0.3) is 0 Å². The van der Waals surface area contributed by atoms with Crippen LogP contribution in [0.5, 0.6) is 10.8 Å². The van der Waals surface area contributed by atoms with Gasteiger partial charge in [0.2, 0.25) is 5.06 Å². The van der Waals surface area contributed by atoms with Gasteiger partial charge in [0.15, 0.2) is 5.75 Å². The van der Waals surface area contributed by atoms with Crippen molar-refractivity contribution >= 4 is 11.3 Å². The smallest absolute Gasteiger partial charge is 0.216 e. The van der Waals surface area contributed by atoms with Crippen molar-refractivity contribution in [2.45, 2.75) is 65.2 Å². The Labute approximate surface area is 122 Å². The van der Waals surface area contributed by atoms with Crippen LogP contribution in [0.2, 0.25) is 0 Å². The van der Waals surface area contributed by atoms with Gasteiger partial charge in [-0.05, 0) is 24.3 Å². The van der Waals surface area contributed by atoms with E-state index in [2.05, 4.69) is 13.8 Å². The fourth-order valence-electron chi connectivity index (χ4n) is 1.90. The fraction of sp³-hybridized carbons (Fsp3) is 0.750. The third kappa shape index (κ3) is 7.46. The molecule has 3 heteroatoms. The van der Waals surface area contributed by atoms with Crippen LogP contribution in [0.1, 0.15) is 65.2 Å². The van der Waals surface area contributed by atoms with Crippen molar-refractivity contribution in [2.24, 2.45) is 0 Å². The van der Waals surface area contributed by atoms with E-state index in [1.807, 2.05) is 11.4 Å². The Hall–Kier alpha value is -0.700. The van der Waals surface area contributed by atoms with Gasteiger partial charge in [-0.3, -0.25) is 0 Å². The minimum atomic E-state index is 0.808. The van der Waals surface area contributed by atoms with Crippen molar-refractivity contribution in [1.29, 1.82) is 0 Å². The third-order valence-electron chi connectivity index (χ3n) is 3.08. The highest BCUT2D eigenvalue weighted by Gasteiger charge is 2.06. The molecule has 1 aromatic rings. The van der Waals surface area contributed by atoms with Crippen LogP contribution in [0, 0.1) is 0 Å². The first-order valence-corrected chi connectivity index (χ1v) is 8.59. The molecule has 110 valence electrons. The molecule has 0 N–H and O–H groups in total. The van der Waals surface area contributed by atoms with Crippen molar-refractivity contribution in [3.8, 4) is 10.8 Å². The van der Waals surface area contributed by atoms with Gasteiger partial charge in [-0.1, -0.05) is 52.4 Å². The minimum Gasteiger partial charge on any atom is -0.489 e. The fourth-order valence-corrected chi connectivity index (χ4v) is 2.61. The average Bonchev–Trinajstić information content (AvgIpc) is 2.86. The summed E-state index contributed by atoms with van der Waals surface area (Å²) in [5.74, 6) is 0.928. The van der Waals surface area contributed by atoms with E-state index >= 15 is 0 Å². The second-order valence-corrected chi connectivity index (χ2v) is 5.77. The molecule has 1 heterocycles. The Balaban J connectivity index is 2.15. The molecule has 0 atom stereocenters. The van der Waals surface area contributed by atoms with Crippen LogP contribution in [0.15, 0.2) is 11.4 Å². The Kier molecular flexibility index (Phi) is 9.60. The van der Waals surface area contributed by atoms with Crippen LogP contribution in [0.4, 0.5) is 0 Å². The third-order valence-corrected chi connectivity index (χ3v) is 3.89. The maximum absolute atomic E-state index is 5.80. The number of thiophene rings is 1. The lowest BCUT2D eigenvalue weighted by molar-refractivity contribution is 0.266. The molecule has 0 aliphatic rings. The lowest BCUT2D eigenvalue weighted by Gasteiger charge is -2.08. The highest BCUT2D eigenvalue weighted by molar-refractivity contribution is 7.12. The molecule has 0 aliphatic carbocycles. The highest BCUT2D eigenvalue weighted by Crippen LogP contribution is 2.33. The summed E-state index contributed by atoms with van der Waals surface area (Å²) >= 11 is 1.63. The van der Waals surface area contributed by atoms with Crippen molar-refractivity contribution in [2.75, 3.05) is 13.2 Å². The molecule has 0 saturated carbocycles. The molecule has 0 saturated heterocycles. The first kappa shape index (κ1) is 16.4. The molecule has 0 bridgehead atoms. The topological polar surface area (TPSA) is 18.5 Å². The van der Waals surface area contributed by atoms with Crippen LogP contribution < -0.4 is 9.47 Å². The van der Waals surface area contributed by atoms with Gasteiger partial charge in [0, 0.05) is 0 Å². The van der Waals surface area contributed by atoms with E-state index in [0.717, 1.165) is 36.9 Å². The molecule has 0 spiro atoms. The van der Waals surface area contributed by atoms with E-state index in [4.69, 9.17) is 9.47 Å². The lowest BCUT2D eigenvalue weighted by Crippen LogP contribution is -2.00. The maximum Gasteiger partial charge on any atom is 0.216 e. The lowest BCUT2D eigenvalue weighted by atomic mass is 10.2.